The number of unbranched alkanes of at least 4 members (excludes halogenated alkanes) is 2. The van der Waals surface area contributed by atoms with E-state index in [-0.39, 0.29) is 24.0 Å². The molecule has 1 spiro atoms. The number of esters is 2. The van der Waals surface area contributed by atoms with Crippen molar-refractivity contribution in [2.24, 2.45) is 23.2 Å². The zero-order valence-corrected chi connectivity index (χ0v) is 17.0. The Morgan fingerprint density at radius 3 is 2.82 bits per heavy atom. The molecule has 2 bridgehead atoms. The molecule has 4 aliphatic carbocycles. The van der Waals surface area contributed by atoms with Crippen molar-refractivity contribution in [2.45, 2.75) is 77.7 Å². The lowest BCUT2D eigenvalue weighted by Gasteiger charge is -2.54. The summed E-state index contributed by atoms with van der Waals surface area (Å²) in [6.45, 7) is 4.31. The second kappa shape index (κ2) is 6.60. The smallest absolute Gasteiger partial charge is 0.339 e. The van der Waals surface area contributed by atoms with Crippen LogP contribution >= 0.6 is 0 Å². The largest absolute Gasteiger partial charge is 0.454 e. The van der Waals surface area contributed by atoms with Gasteiger partial charge in [0.2, 0.25) is 0 Å². The molecule has 28 heavy (non-hydrogen) atoms. The molecule has 2 aliphatic heterocycles. The maximum absolute atomic E-state index is 13.1. The van der Waals surface area contributed by atoms with Crippen LogP contribution in [-0.2, 0) is 19.1 Å². The normalized spacial score (nSPS) is 39.5. The van der Waals surface area contributed by atoms with Crippen LogP contribution in [0.1, 0.15) is 71.6 Å². The number of rotatable bonds is 5. The van der Waals surface area contributed by atoms with Gasteiger partial charge < -0.3 is 9.47 Å². The lowest BCUT2D eigenvalue weighted by Crippen LogP contribution is -2.50. The molecule has 150 valence electrons. The second-order valence-electron chi connectivity index (χ2n) is 9.16. The van der Waals surface area contributed by atoms with Crippen molar-refractivity contribution in [3.8, 4) is 0 Å². The maximum Gasteiger partial charge on any atom is 0.339 e. The van der Waals surface area contributed by atoms with E-state index in [0.717, 1.165) is 74.7 Å². The van der Waals surface area contributed by atoms with E-state index in [1.807, 2.05) is 0 Å². The summed E-state index contributed by atoms with van der Waals surface area (Å²) < 4.78 is 11.7. The van der Waals surface area contributed by atoms with Crippen LogP contribution in [0.15, 0.2) is 34.6 Å². The summed E-state index contributed by atoms with van der Waals surface area (Å²) >= 11 is 0. The molecule has 0 aromatic rings. The molecule has 2 fully saturated rings. The number of ether oxygens (including phenoxy) is 2. The molecule has 2 heterocycles. The standard InChI is InChI=1S/C24H30O4/c1-3-5-7-18-16-10-9-15-14-11-12-24(21(15)20(16)23(26)27-18)17(13-14)22(25)28-19(24)8-6-4-2/h8,13-15,18,21H,3-7,9-12H2,1-2H3/b19-8-/t14-,15?,18+,21?,24+/m0/s1. The SMILES string of the molecule is CCC/C=C1\OC(=O)C2=C[C@@H]3CC[C@@]21C1C2=C(CCC13)[C@@H](CCCC)OC2=O. The number of hydrogen-bond acceptors (Lipinski definition) is 4. The van der Waals surface area contributed by atoms with E-state index in [4.69, 9.17) is 9.47 Å². The number of hydrogen-bond donors (Lipinski definition) is 0. The van der Waals surface area contributed by atoms with Gasteiger partial charge in [0.1, 0.15) is 11.9 Å². The maximum atomic E-state index is 13.1. The monoisotopic (exact) mass is 382 g/mol. The fourth-order valence-corrected chi connectivity index (χ4v) is 6.63. The highest BCUT2D eigenvalue weighted by Gasteiger charge is 2.66. The molecular formula is C24H30O4. The molecule has 0 aromatic carbocycles. The van der Waals surface area contributed by atoms with Crippen LogP contribution in [0.3, 0.4) is 0 Å². The van der Waals surface area contributed by atoms with Gasteiger partial charge in [0, 0.05) is 17.1 Å². The van der Waals surface area contributed by atoms with Gasteiger partial charge in [-0.15, -0.1) is 0 Å². The van der Waals surface area contributed by atoms with Crippen LogP contribution in [0.25, 0.3) is 0 Å². The first-order chi connectivity index (χ1) is 13.6. The summed E-state index contributed by atoms with van der Waals surface area (Å²) in [7, 11) is 0. The topological polar surface area (TPSA) is 52.6 Å². The molecule has 5 atom stereocenters. The molecule has 2 unspecified atom stereocenters. The van der Waals surface area contributed by atoms with E-state index in [0.29, 0.717) is 11.8 Å². The third-order valence-corrected chi connectivity index (χ3v) is 7.80. The van der Waals surface area contributed by atoms with Gasteiger partial charge in [-0.25, -0.2) is 9.59 Å². The van der Waals surface area contributed by atoms with E-state index in [1.165, 1.54) is 5.57 Å². The average molecular weight is 383 g/mol. The van der Waals surface area contributed by atoms with Gasteiger partial charge >= 0.3 is 11.9 Å². The second-order valence-corrected chi connectivity index (χ2v) is 9.16. The first-order valence-electron chi connectivity index (χ1n) is 11.2. The van der Waals surface area contributed by atoms with Gasteiger partial charge in [0.15, 0.2) is 0 Å². The third-order valence-electron chi connectivity index (χ3n) is 7.80. The van der Waals surface area contributed by atoms with Gasteiger partial charge in [-0.2, -0.15) is 0 Å². The van der Waals surface area contributed by atoms with Crippen molar-refractivity contribution in [1.82, 2.24) is 0 Å². The molecule has 0 aromatic heterocycles. The molecule has 0 radical (unpaired) electrons. The Labute approximate surface area is 167 Å². The highest BCUT2D eigenvalue weighted by molar-refractivity contribution is 5.99. The molecule has 6 aliphatic rings. The number of carbonyl (C=O) groups excluding carboxylic acids is 2. The van der Waals surface area contributed by atoms with Crippen molar-refractivity contribution in [3.63, 3.8) is 0 Å². The molecule has 4 heteroatoms. The van der Waals surface area contributed by atoms with E-state index in [9.17, 15) is 9.59 Å². The molecule has 0 amide bonds. The lowest BCUT2D eigenvalue weighted by molar-refractivity contribution is -0.141. The quantitative estimate of drug-likeness (QED) is 0.628. The highest BCUT2D eigenvalue weighted by Crippen LogP contribution is 2.68. The number of carbonyl (C=O) groups is 2. The zero-order valence-electron chi connectivity index (χ0n) is 17.0. The average Bonchev–Trinajstić information content (AvgIpc) is 3.19. The van der Waals surface area contributed by atoms with Crippen LogP contribution in [-0.4, -0.2) is 18.0 Å². The summed E-state index contributed by atoms with van der Waals surface area (Å²) in [5.41, 5.74) is 2.54. The van der Waals surface area contributed by atoms with Crippen molar-refractivity contribution in [2.75, 3.05) is 0 Å². The summed E-state index contributed by atoms with van der Waals surface area (Å²) in [5.74, 6) is 1.37. The minimum absolute atomic E-state index is 0.0474. The Morgan fingerprint density at radius 2 is 2.04 bits per heavy atom. The number of allylic oxidation sites excluding steroid dienone is 3. The Kier molecular flexibility index (Phi) is 4.29. The van der Waals surface area contributed by atoms with Crippen molar-refractivity contribution in [3.05, 3.63) is 34.6 Å². The fourth-order valence-electron chi connectivity index (χ4n) is 6.63. The molecule has 1 saturated heterocycles. The molecule has 0 N–H and O–H groups in total. The molecule has 4 nitrogen and oxygen atoms in total. The van der Waals surface area contributed by atoms with E-state index < -0.39 is 5.41 Å². The minimum Gasteiger partial charge on any atom is -0.454 e. The number of cyclic esters (lactones) is 2. The summed E-state index contributed by atoms with van der Waals surface area (Å²) in [6.07, 6.45) is 13.3. The Bertz CT molecular complexity index is 816. The zero-order chi connectivity index (χ0) is 19.5. The Morgan fingerprint density at radius 1 is 1.18 bits per heavy atom. The third kappa shape index (κ3) is 2.29. The predicted molar refractivity (Wildman–Crippen MR) is 105 cm³/mol. The molecule has 1 saturated carbocycles. The first-order valence-corrected chi connectivity index (χ1v) is 11.2. The molecular weight excluding hydrogens is 352 g/mol. The van der Waals surface area contributed by atoms with Crippen molar-refractivity contribution in [1.29, 1.82) is 0 Å². The summed E-state index contributed by atoms with van der Waals surface area (Å²) in [4.78, 5) is 25.8. The van der Waals surface area contributed by atoms with E-state index >= 15 is 0 Å². The van der Waals surface area contributed by atoms with Gasteiger partial charge in [-0.1, -0.05) is 32.8 Å². The Balaban J connectivity index is 1.63. The lowest BCUT2D eigenvalue weighted by atomic mass is 9.46. The highest BCUT2D eigenvalue weighted by atomic mass is 16.6. The summed E-state index contributed by atoms with van der Waals surface area (Å²) in [5, 5.41) is 0. The minimum atomic E-state index is -0.425. The van der Waals surface area contributed by atoms with Crippen molar-refractivity contribution >= 4 is 11.9 Å². The van der Waals surface area contributed by atoms with Crippen LogP contribution in [0, 0.1) is 23.2 Å². The first kappa shape index (κ1) is 18.2. The van der Waals surface area contributed by atoms with Gasteiger partial charge in [-0.05, 0) is 68.4 Å². The fraction of sp³-hybridized carbons (Fsp3) is 0.667. The van der Waals surface area contributed by atoms with Crippen LogP contribution in [0.4, 0.5) is 0 Å². The predicted octanol–water partition coefficient (Wildman–Crippen LogP) is 5.00. The number of fused-ring (bicyclic) bond motifs is 1. The van der Waals surface area contributed by atoms with Crippen LogP contribution < -0.4 is 0 Å². The van der Waals surface area contributed by atoms with E-state index in [2.05, 4.69) is 26.0 Å². The van der Waals surface area contributed by atoms with Crippen molar-refractivity contribution < 1.29 is 19.1 Å². The van der Waals surface area contributed by atoms with Gasteiger partial charge in [0.25, 0.3) is 0 Å². The Hall–Kier alpha value is -1.84. The van der Waals surface area contributed by atoms with Crippen LogP contribution in [0.5, 0.6) is 0 Å². The van der Waals surface area contributed by atoms with E-state index in [1.54, 1.807) is 0 Å². The van der Waals surface area contributed by atoms with Crippen LogP contribution in [0.2, 0.25) is 0 Å². The molecule has 6 rings (SSSR count). The van der Waals surface area contributed by atoms with Gasteiger partial charge in [0.05, 0.1) is 5.41 Å². The summed E-state index contributed by atoms with van der Waals surface area (Å²) in [6, 6.07) is 0. The van der Waals surface area contributed by atoms with Gasteiger partial charge in [-0.3, -0.25) is 0 Å².